The van der Waals surface area contributed by atoms with Crippen LogP contribution in [0.1, 0.15) is 39.7 Å². The molecule has 0 saturated heterocycles. The number of hydrogen-bond acceptors (Lipinski definition) is 3. The average molecular weight is 290 g/mol. The number of methoxy groups -OCH3 is 1. The molecule has 2 unspecified atom stereocenters. The van der Waals surface area contributed by atoms with E-state index < -0.39 is 0 Å². The van der Waals surface area contributed by atoms with Crippen LogP contribution in [0.25, 0.3) is 0 Å². The Morgan fingerprint density at radius 1 is 1.19 bits per heavy atom. The Kier molecular flexibility index (Phi) is 5.28. The minimum absolute atomic E-state index is 0.232. The van der Waals surface area contributed by atoms with E-state index in [2.05, 4.69) is 62.2 Å². The fraction of sp³-hybridized carbons (Fsp3) is 0.667. The molecule has 1 aromatic rings. The predicted octanol–water partition coefficient (Wildman–Crippen LogP) is 3.44. The molecule has 0 radical (unpaired) electrons. The first-order valence-corrected chi connectivity index (χ1v) is 8.13. The molecule has 1 aliphatic carbocycles. The number of benzene rings is 1. The Bertz CT molecular complexity index is 437. The van der Waals surface area contributed by atoms with Gasteiger partial charge in [0.25, 0.3) is 0 Å². The summed E-state index contributed by atoms with van der Waals surface area (Å²) >= 11 is 0. The van der Waals surface area contributed by atoms with Gasteiger partial charge in [-0.25, -0.2) is 0 Å². The van der Waals surface area contributed by atoms with Gasteiger partial charge in [0.15, 0.2) is 0 Å². The molecule has 1 saturated carbocycles. The molecule has 0 heterocycles. The van der Waals surface area contributed by atoms with Crippen molar-refractivity contribution < 1.29 is 4.74 Å². The van der Waals surface area contributed by atoms with Gasteiger partial charge in [-0.3, -0.25) is 0 Å². The van der Waals surface area contributed by atoms with Gasteiger partial charge in [-0.1, -0.05) is 26.0 Å². The molecule has 0 aromatic heterocycles. The summed E-state index contributed by atoms with van der Waals surface area (Å²) in [5.41, 5.74) is 2.89. The van der Waals surface area contributed by atoms with Gasteiger partial charge in [-0.05, 0) is 38.0 Å². The van der Waals surface area contributed by atoms with Crippen molar-refractivity contribution in [2.75, 3.05) is 25.1 Å². The van der Waals surface area contributed by atoms with E-state index in [1.165, 1.54) is 11.3 Å². The van der Waals surface area contributed by atoms with Gasteiger partial charge in [0.2, 0.25) is 0 Å². The Labute approximate surface area is 129 Å². The minimum atomic E-state index is 0.232. The molecule has 2 rings (SSSR count). The highest BCUT2D eigenvalue weighted by atomic mass is 16.5. The normalized spacial score (nSPS) is 23.7. The van der Waals surface area contributed by atoms with Gasteiger partial charge in [0, 0.05) is 43.9 Å². The Morgan fingerprint density at radius 2 is 1.81 bits per heavy atom. The maximum atomic E-state index is 5.50. The molecule has 0 spiro atoms. The zero-order valence-corrected chi connectivity index (χ0v) is 14.1. The second-order valence-electron chi connectivity index (χ2n) is 6.55. The van der Waals surface area contributed by atoms with Crippen LogP contribution in [-0.4, -0.2) is 32.3 Å². The van der Waals surface area contributed by atoms with Crippen LogP contribution in [0.4, 0.5) is 5.69 Å². The third-order valence-corrected chi connectivity index (χ3v) is 5.08. The third kappa shape index (κ3) is 3.41. The average Bonchev–Trinajstić information content (AvgIpc) is 2.49. The van der Waals surface area contributed by atoms with E-state index in [4.69, 9.17) is 4.74 Å². The number of rotatable bonds is 7. The fourth-order valence-corrected chi connectivity index (χ4v) is 3.29. The van der Waals surface area contributed by atoms with Crippen LogP contribution < -0.4 is 10.2 Å². The summed E-state index contributed by atoms with van der Waals surface area (Å²) in [5, 5.41) is 3.67. The second kappa shape index (κ2) is 6.80. The van der Waals surface area contributed by atoms with Crippen molar-refractivity contribution in [1.82, 2.24) is 5.32 Å². The fourth-order valence-electron chi connectivity index (χ4n) is 3.29. The molecule has 1 N–H and O–H groups in total. The van der Waals surface area contributed by atoms with Crippen LogP contribution in [0.2, 0.25) is 0 Å². The van der Waals surface area contributed by atoms with Gasteiger partial charge >= 0.3 is 0 Å². The van der Waals surface area contributed by atoms with E-state index in [0.717, 1.165) is 26.1 Å². The molecule has 0 bridgehead atoms. The summed E-state index contributed by atoms with van der Waals surface area (Å²) in [5.74, 6) is 0. The zero-order valence-electron chi connectivity index (χ0n) is 14.1. The van der Waals surface area contributed by atoms with Crippen molar-refractivity contribution in [1.29, 1.82) is 0 Å². The first-order valence-electron chi connectivity index (χ1n) is 8.13. The van der Waals surface area contributed by atoms with Crippen LogP contribution in [0, 0.1) is 5.41 Å². The zero-order chi connectivity index (χ0) is 15.5. The summed E-state index contributed by atoms with van der Waals surface area (Å²) in [6, 6.07) is 9.48. The van der Waals surface area contributed by atoms with Gasteiger partial charge < -0.3 is 15.0 Å². The Morgan fingerprint density at radius 3 is 2.29 bits per heavy atom. The Hall–Kier alpha value is -1.06. The van der Waals surface area contributed by atoms with E-state index in [0.29, 0.717) is 12.1 Å². The highest BCUT2D eigenvalue weighted by Gasteiger charge is 2.48. The molecule has 3 nitrogen and oxygen atoms in total. The van der Waals surface area contributed by atoms with Crippen LogP contribution >= 0.6 is 0 Å². The highest BCUT2D eigenvalue weighted by Crippen LogP contribution is 2.42. The van der Waals surface area contributed by atoms with Crippen molar-refractivity contribution in [3.63, 3.8) is 0 Å². The van der Waals surface area contributed by atoms with E-state index in [1.54, 1.807) is 0 Å². The van der Waals surface area contributed by atoms with Crippen molar-refractivity contribution in [3.05, 3.63) is 29.8 Å². The van der Waals surface area contributed by atoms with Gasteiger partial charge in [-0.15, -0.1) is 0 Å². The second-order valence-corrected chi connectivity index (χ2v) is 6.55. The molecule has 1 fully saturated rings. The lowest BCUT2D eigenvalue weighted by Gasteiger charge is -2.51. The first-order chi connectivity index (χ1) is 10.0. The minimum Gasteiger partial charge on any atom is -0.381 e. The monoisotopic (exact) mass is 290 g/mol. The molecule has 0 aliphatic heterocycles. The maximum absolute atomic E-state index is 5.50. The SMILES string of the molecule is CCN(CC)c1ccc(CNC2CC(OC)C2(C)C)cc1. The number of anilines is 1. The smallest absolute Gasteiger partial charge is 0.0652 e. The first kappa shape index (κ1) is 16.3. The third-order valence-electron chi connectivity index (χ3n) is 5.08. The van der Waals surface area contributed by atoms with E-state index in [1.807, 2.05) is 7.11 Å². The molecular weight excluding hydrogens is 260 g/mol. The van der Waals surface area contributed by atoms with Crippen molar-refractivity contribution in [2.45, 2.75) is 52.8 Å². The quantitative estimate of drug-likeness (QED) is 0.832. The van der Waals surface area contributed by atoms with Gasteiger partial charge in [0.05, 0.1) is 6.10 Å². The number of ether oxygens (including phenoxy) is 1. The highest BCUT2D eigenvalue weighted by molar-refractivity contribution is 5.47. The van der Waals surface area contributed by atoms with Crippen LogP contribution in [-0.2, 0) is 11.3 Å². The molecule has 0 amide bonds. The summed E-state index contributed by atoms with van der Waals surface area (Å²) in [4.78, 5) is 2.37. The lowest BCUT2D eigenvalue weighted by atomic mass is 9.64. The van der Waals surface area contributed by atoms with E-state index >= 15 is 0 Å². The largest absolute Gasteiger partial charge is 0.381 e. The van der Waals surface area contributed by atoms with Crippen LogP contribution in [0.15, 0.2) is 24.3 Å². The standard InChI is InChI=1S/C18H30N2O/c1-6-20(7-2)15-10-8-14(9-11-15)13-19-16-12-17(21-5)18(16,3)4/h8-11,16-17,19H,6-7,12-13H2,1-5H3. The van der Waals surface area contributed by atoms with Gasteiger partial charge in [0.1, 0.15) is 0 Å². The van der Waals surface area contributed by atoms with E-state index in [-0.39, 0.29) is 5.41 Å². The molecule has 118 valence electrons. The molecule has 1 aromatic carbocycles. The molecule has 1 aliphatic rings. The topological polar surface area (TPSA) is 24.5 Å². The van der Waals surface area contributed by atoms with Crippen molar-refractivity contribution >= 4 is 5.69 Å². The summed E-state index contributed by atoms with van der Waals surface area (Å²) in [6.45, 7) is 12.0. The number of hydrogen-bond donors (Lipinski definition) is 1. The van der Waals surface area contributed by atoms with Crippen LogP contribution in [0.5, 0.6) is 0 Å². The number of nitrogens with zero attached hydrogens (tertiary/aromatic N) is 1. The lowest BCUT2D eigenvalue weighted by Crippen LogP contribution is -2.60. The van der Waals surface area contributed by atoms with E-state index in [9.17, 15) is 0 Å². The summed E-state index contributed by atoms with van der Waals surface area (Å²) < 4.78 is 5.50. The number of nitrogens with one attached hydrogen (secondary N) is 1. The summed E-state index contributed by atoms with van der Waals surface area (Å²) in [6.07, 6.45) is 1.50. The molecular formula is C18H30N2O. The Balaban J connectivity index is 1.87. The molecule has 2 atom stereocenters. The molecule has 21 heavy (non-hydrogen) atoms. The van der Waals surface area contributed by atoms with Gasteiger partial charge in [-0.2, -0.15) is 0 Å². The van der Waals surface area contributed by atoms with Crippen molar-refractivity contribution in [2.24, 2.45) is 5.41 Å². The van der Waals surface area contributed by atoms with Crippen molar-refractivity contribution in [3.8, 4) is 0 Å². The summed E-state index contributed by atoms with van der Waals surface area (Å²) in [7, 11) is 1.81. The predicted molar refractivity (Wildman–Crippen MR) is 89.8 cm³/mol. The molecule has 3 heteroatoms. The maximum Gasteiger partial charge on any atom is 0.0652 e. The van der Waals surface area contributed by atoms with Crippen LogP contribution in [0.3, 0.4) is 0 Å². The lowest BCUT2D eigenvalue weighted by molar-refractivity contribution is -0.0979.